The van der Waals surface area contributed by atoms with Crippen molar-refractivity contribution in [2.45, 2.75) is 25.8 Å². The zero-order valence-corrected chi connectivity index (χ0v) is 21.3. The highest BCUT2D eigenvalue weighted by Gasteiger charge is 2.45. The lowest BCUT2D eigenvalue weighted by atomic mass is 9.95. The van der Waals surface area contributed by atoms with Crippen molar-refractivity contribution in [1.82, 2.24) is 4.90 Å². The second-order valence-electron chi connectivity index (χ2n) is 8.74. The molecule has 1 aliphatic rings. The number of Topliss-reactive ketones (excluding diaryl/α,β-unsaturated/α-hetero) is 1. The molecule has 1 amide bonds. The molecule has 1 saturated heterocycles. The molecule has 1 unspecified atom stereocenters. The number of carbonyl (C=O) groups is 2. The van der Waals surface area contributed by atoms with Crippen molar-refractivity contribution in [1.29, 1.82) is 0 Å². The van der Waals surface area contributed by atoms with Crippen molar-refractivity contribution >= 4 is 17.4 Å². The number of rotatable bonds is 10. The van der Waals surface area contributed by atoms with Gasteiger partial charge in [-0.2, -0.15) is 0 Å². The normalized spacial score (nSPS) is 16.6. The van der Waals surface area contributed by atoms with Crippen LogP contribution in [0.25, 0.3) is 5.76 Å². The minimum atomic E-state index is -0.746. The van der Waals surface area contributed by atoms with E-state index in [0.29, 0.717) is 42.2 Å². The Bertz CT molecular complexity index is 1280. The van der Waals surface area contributed by atoms with E-state index in [-0.39, 0.29) is 11.3 Å². The van der Waals surface area contributed by atoms with E-state index < -0.39 is 17.7 Å². The van der Waals surface area contributed by atoms with Crippen molar-refractivity contribution in [3.63, 3.8) is 0 Å². The lowest BCUT2D eigenvalue weighted by Crippen LogP contribution is -2.31. The third-order valence-corrected chi connectivity index (χ3v) is 6.35. The van der Waals surface area contributed by atoms with Crippen LogP contribution in [0.5, 0.6) is 17.2 Å². The number of hydrogen-bond acceptors (Lipinski definition) is 6. The quantitative estimate of drug-likeness (QED) is 0.235. The molecule has 3 aromatic rings. The summed E-state index contributed by atoms with van der Waals surface area (Å²) in [6.45, 7) is 2.84. The molecule has 7 nitrogen and oxygen atoms in total. The van der Waals surface area contributed by atoms with Gasteiger partial charge in [0.1, 0.15) is 23.0 Å². The number of amides is 1. The smallest absolute Gasteiger partial charge is 0.295 e. The van der Waals surface area contributed by atoms with Crippen LogP contribution in [0.1, 0.15) is 36.1 Å². The summed E-state index contributed by atoms with van der Waals surface area (Å²) in [4.78, 5) is 28.1. The topological polar surface area (TPSA) is 85.3 Å². The molecule has 1 aliphatic heterocycles. The number of carbonyl (C=O) groups excluding carboxylic acids is 2. The molecule has 192 valence electrons. The number of ether oxygens (including phenoxy) is 3. The molecule has 4 rings (SSSR count). The van der Waals surface area contributed by atoms with Crippen LogP contribution in [0, 0.1) is 0 Å². The van der Waals surface area contributed by atoms with E-state index in [9.17, 15) is 14.7 Å². The monoisotopic (exact) mass is 501 g/mol. The Hall–Kier alpha value is -4.26. The lowest BCUT2D eigenvalue weighted by Gasteiger charge is -2.25. The standard InChI is InChI=1S/C30H31NO6/c1-4-18-37-25-7-5-6-22(19-25)28(32)26-27(21-10-14-24(36-3)15-11-21)31(30(34)29(26)33)17-16-20-8-12-23(35-2)13-9-20/h5-15,19,27,32H,4,16-18H2,1-3H3/b28-26-. The Morgan fingerprint density at radius 3 is 2.16 bits per heavy atom. The largest absolute Gasteiger partial charge is 0.507 e. The van der Waals surface area contributed by atoms with Crippen LogP contribution in [0.2, 0.25) is 0 Å². The van der Waals surface area contributed by atoms with Crippen LogP contribution < -0.4 is 14.2 Å². The van der Waals surface area contributed by atoms with Gasteiger partial charge in [-0.15, -0.1) is 0 Å². The van der Waals surface area contributed by atoms with Gasteiger partial charge in [0.15, 0.2) is 0 Å². The molecule has 0 saturated carbocycles. The number of aliphatic hydroxyl groups is 1. The fraction of sp³-hybridized carbons (Fsp3) is 0.267. The molecule has 0 radical (unpaired) electrons. The Labute approximate surface area is 216 Å². The zero-order chi connectivity index (χ0) is 26.4. The highest BCUT2D eigenvalue weighted by Crippen LogP contribution is 2.40. The first-order chi connectivity index (χ1) is 18.0. The van der Waals surface area contributed by atoms with E-state index in [0.717, 1.165) is 17.7 Å². The van der Waals surface area contributed by atoms with E-state index in [1.807, 2.05) is 43.3 Å². The minimum Gasteiger partial charge on any atom is -0.507 e. The third kappa shape index (κ3) is 5.61. The summed E-state index contributed by atoms with van der Waals surface area (Å²) in [6, 6.07) is 20.9. The molecule has 3 aromatic carbocycles. The van der Waals surface area contributed by atoms with Gasteiger partial charge < -0.3 is 24.2 Å². The van der Waals surface area contributed by atoms with Gasteiger partial charge in [0.25, 0.3) is 11.7 Å². The van der Waals surface area contributed by atoms with Crippen LogP contribution >= 0.6 is 0 Å². The first-order valence-electron chi connectivity index (χ1n) is 12.2. The number of ketones is 1. The molecule has 0 aromatic heterocycles. The molecular weight excluding hydrogens is 470 g/mol. The predicted octanol–water partition coefficient (Wildman–Crippen LogP) is 5.16. The highest BCUT2D eigenvalue weighted by molar-refractivity contribution is 6.46. The number of benzene rings is 3. The lowest BCUT2D eigenvalue weighted by molar-refractivity contribution is -0.139. The maximum atomic E-state index is 13.3. The van der Waals surface area contributed by atoms with Crippen LogP contribution in [0.4, 0.5) is 0 Å². The van der Waals surface area contributed by atoms with E-state index in [2.05, 4.69) is 0 Å². The van der Waals surface area contributed by atoms with Crippen LogP contribution in [-0.4, -0.2) is 49.1 Å². The number of nitrogens with zero attached hydrogens (tertiary/aromatic N) is 1. The molecule has 7 heteroatoms. The molecule has 0 aliphatic carbocycles. The van der Waals surface area contributed by atoms with Crippen LogP contribution in [0.15, 0.2) is 78.4 Å². The summed E-state index contributed by atoms with van der Waals surface area (Å²) in [5, 5.41) is 11.3. The van der Waals surface area contributed by atoms with Crippen molar-refractivity contribution in [2.24, 2.45) is 0 Å². The van der Waals surface area contributed by atoms with Crippen molar-refractivity contribution < 1.29 is 28.9 Å². The van der Waals surface area contributed by atoms with Gasteiger partial charge in [-0.25, -0.2) is 0 Å². The van der Waals surface area contributed by atoms with E-state index >= 15 is 0 Å². The summed E-state index contributed by atoms with van der Waals surface area (Å²) in [5.41, 5.74) is 2.17. The Morgan fingerprint density at radius 2 is 1.54 bits per heavy atom. The zero-order valence-electron chi connectivity index (χ0n) is 21.3. The maximum Gasteiger partial charge on any atom is 0.295 e. The molecule has 37 heavy (non-hydrogen) atoms. The molecule has 0 spiro atoms. The average Bonchev–Trinajstić information content (AvgIpc) is 3.20. The van der Waals surface area contributed by atoms with Crippen molar-refractivity contribution in [3.05, 3.63) is 95.1 Å². The number of aliphatic hydroxyl groups excluding tert-OH is 1. The molecular formula is C30H31NO6. The Balaban J connectivity index is 1.73. The maximum absolute atomic E-state index is 13.3. The molecule has 1 atom stereocenters. The van der Waals surface area contributed by atoms with Gasteiger partial charge in [0.2, 0.25) is 0 Å². The molecule has 0 bridgehead atoms. The van der Waals surface area contributed by atoms with Gasteiger partial charge in [-0.1, -0.05) is 43.3 Å². The van der Waals surface area contributed by atoms with E-state index in [1.165, 1.54) is 4.90 Å². The Kier molecular flexibility index (Phi) is 8.13. The van der Waals surface area contributed by atoms with Gasteiger partial charge in [-0.05, 0) is 60.4 Å². The first-order valence-corrected chi connectivity index (χ1v) is 12.2. The fourth-order valence-electron chi connectivity index (χ4n) is 4.39. The number of methoxy groups -OCH3 is 2. The van der Waals surface area contributed by atoms with Gasteiger partial charge in [0, 0.05) is 12.1 Å². The second-order valence-corrected chi connectivity index (χ2v) is 8.74. The SMILES string of the molecule is CCCOc1cccc(/C(O)=C2/C(=O)C(=O)N(CCc3ccc(OC)cc3)C2c2ccc(OC)cc2)c1. The highest BCUT2D eigenvalue weighted by atomic mass is 16.5. The minimum absolute atomic E-state index is 0.0533. The van der Waals surface area contributed by atoms with Gasteiger partial charge >= 0.3 is 0 Å². The second kappa shape index (κ2) is 11.6. The summed E-state index contributed by atoms with van der Waals surface area (Å²) in [7, 11) is 3.18. The summed E-state index contributed by atoms with van der Waals surface area (Å²) >= 11 is 0. The third-order valence-electron chi connectivity index (χ3n) is 6.35. The summed E-state index contributed by atoms with van der Waals surface area (Å²) in [6.07, 6.45) is 1.37. The van der Waals surface area contributed by atoms with E-state index in [1.54, 1.807) is 50.6 Å². The van der Waals surface area contributed by atoms with Gasteiger partial charge in [-0.3, -0.25) is 9.59 Å². The summed E-state index contributed by atoms with van der Waals surface area (Å²) < 4.78 is 16.2. The van der Waals surface area contributed by atoms with Crippen molar-refractivity contribution in [3.8, 4) is 17.2 Å². The Morgan fingerprint density at radius 1 is 0.892 bits per heavy atom. The number of hydrogen-bond donors (Lipinski definition) is 1. The van der Waals surface area contributed by atoms with Crippen molar-refractivity contribution in [2.75, 3.05) is 27.4 Å². The van der Waals surface area contributed by atoms with Crippen LogP contribution in [0.3, 0.4) is 0 Å². The average molecular weight is 502 g/mol. The molecule has 1 fully saturated rings. The molecule has 1 heterocycles. The van der Waals surface area contributed by atoms with Gasteiger partial charge in [0.05, 0.1) is 32.4 Å². The summed E-state index contributed by atoms with van der Waals surface area (Å²) in [5.74, 6) is 0.392. The van der Waals surface area contributed by atoms with E-state index in [4.69, 9.17) is 14.2 Å². The number of likely N-dealkylation sites (tertiary alicyclic amines) is 1. The molecule has 1 N–H and O–H groups in total. The predicted molar refractivity (Wildman–Crippen MR) is 141 cm³/mol. The fourth-order valence-corrected chi connectivity index (χ4v) is 4.39. The van der Waals surface area contributed by atoms with Crippen LogP contribution in [-0.2, 0) is 16.0 Å². The first kappa shape index (κ1) is 25.8.